The molecule has 0 fully saturated rings. The van der Waals surface area contributed by atoms with E-state index in [1.165, 1.54) is 0 Å². The molecule has 0 aliphatic carbocycles. The molecular formula is C17H14N6. The number of nitrogens with two attached hydrogens (primary N) is 2. The maximum absolute atomic E-state index is 5.79. The van der Waals surface area contributed by atoms with Crippen molar-refractivity contribution in [3.8, 4) is 22.6 Å². The van der Waals surface area contributed by atoms with E-state index in [-0.39, 0.29) is 0 Å². The molecule has 5 N–H and O–H groups in total. The van der Waals surface area contributed by atoms with Gasteiger partial charge in [0.2, 0.25) is 0 Å². The van der Waals surface area contributed by atoms with Gasteiger partial charge in [-0.3, -0.25) is 4.98 Å². The number of nitrogen functional groups attached to an aromatic ring is 2. The average Bonchev–Trinajstić information content (AvgIpc) is 3.01. The molecule has 6 nitrogen and oxygen atoms in total. The number of anilines is 2. The Morgan fingerprint density at radius 2 is 1.65 bits per heavy atom. The van der Waals surface area contributed by atoms with E-state index in [0.29, 0.717) is 11.5 Å². The molecule has 3 heterocycles. The van der Waals surface area contributed by atoms with Crippen molar-refractivity contribution in [2.75, 3.05) is 11.5 Å². The lowest BCUT2D eigenvalue weighted by molar-refractivity contribution is 1.28. The standard InChI is InChI=1S/C17H14N6/c18-12-2-4-13(21-16(12)19)11-1-3-14-15(9-11)23-17(22-14)10-5-7-20-8-6-10/h1-9H,18H2,(H2,19,21)(H,22,23). The van der Waals surface area contributed by atoms with Gasteiger partial charge in [0, 0.05) is 23.5 Å². The van der Waals surface area contributed by atoms with Crippen LogP contribution < -0.4 is 11.5 Å². The zero-order chi connectivity index (χ0) is 15.8. The molecule has 0 spiro atoms. The monoisotopic (exact) mass is 302 g/mol. The second-order valence-electron chi connectivity index (χ2n) is 5.22. The van der Waals surface area contributed by atoms with Crippen molar-refractivity contribution in [1.82, 2.24) is 19.9 Å². The summed E-state index contributed by atoms with van der Waals surface area (Å²) in [7, 11) is 0. The first-order valence-electron chi connectivity index (χ1n) is 7.13. The van der Waals surface area contributed by atoms with Gasteiger partial charge in [-0.15, -0.1) is 0 Å². The lowest BCUT2D eigenvalue weighted by Gasteiger charge is -2.04. The molecule has 0 saturated carbocycles. The number of aromatic amines is 1. The number of fused-ring (bicyclic) bond motifs is 1. The van der Waals surface area contributed by atoms with Crippen LogP contribution >= 0.6 is 0 Å². The highest BCUT2D eigenvalue weighted by Gasteiger charge is 2.08. The van der Waals surface area contributed by atoms with Gasteiger partial charge >= 0.3 is 0 Å². The number of nitrogens with one attached hydrogen (secondary N) is 1. The van der Waals surface area contributed by atoms with Gasteiger partial charge in [0.25, 0.3) is 0 Å². The Labute approximate surface area is 132 Å². The zero-order valence-corrected chi connectivity index (χ0v) is 12.2. The summed E-state index contributed by atoms with van der Waals surface area (Å²) in [6.45, 7) is 0. The van der Waals surface area contributed by atoms with Crippen LogP contribution in [0, 0.1) is 0 Å². The molecule has 0 aliphatic heterocycles. The number of imidazole rings is 1. The van der Waals surface area contributed by atoms with Crippen molar-refractivity contribution >= 4 is 22.5 Å². The number of pyridine rings is 2. The first-order chi connectivity index (χ1) is 11.2. The highest BCUT2D eigenvalue weighted by Crippen LogP contribution is 2.26. The lowest BCUT2D eigenvalue weighted by atomic mass is 10.1. The number of hydrogen-bond donors (Lipinski definition) is 3. The molecular weight excluding hydrogens is 288 g/mol. The number of rotatable bonds is 2. The van der Waals surface area contributed by atoms with E-state index >= 15 is 0 Å². The summed E-state index contributed by atoms with van der Waals surface area (Å²) in [5, 5.41) is 0. The van der Waals surface area contributed by atoms with Crippen molar-refractivity contribution in [3.63, 3.8) is 0 Å². The summed E-state index contributed by atoms with van der Waals surface area (Å²) in [4.78, 5) is 16.3. The molecule has 0 atom stereocenters. The minimum Gasteiger partial charge on any atom is -0.396 e. The van der Waals surface area contributed by atoms with Crippen LogP contribution in [-0.4, -0.2) is 19.9 Å². The van der Waals surface area contributed by atoms with Crippen LogP contribution in [0.4, 0.5) is 11.5 Å². The largest absolute Gasteiger partial charge is 0.396 e. The summed E-state index contributed by atoms with van der Waals surface area (Å²) in [5.74, 6) is 1.15. The molecule has 3 aromatic heterocycles. The third kappa shape index (κ3) is 2.36. The molecule has 1 aromatic carbocycles. The molecule has 0 radical (unpaired) electrons. The quantitative estimate of drug-likeness (QED) is 0.528. The van der Waals surface area contributed by atoms with Crippen molar-refractivity contribution in [3.05, 3.63) is 54.9 Å². The normalized spacial score (nSPS) is 11.0. The molecule has 0 amide bonds. The van der Waals surface area contributed by atoms with Crippen LogP contribution in [0.2, 0.25) is 0 Å². The zero-order valence-electron chi connectivity index (χ0n) is 12.2. The van der Waals surface area contributed by atoms with Crippen molar-refractivity contribution in [2.45, 2.75) is 0 Å². The van der Waals surface area contributed by atoms with Gasteiger partial charge < -0.3 is 16.5 Å². The fourth-order valence-corrected chi connectivity index (χ4v) is 2.46. The van der Waals surface area contributed by atoms with Crippen molar-refractivity contribution in [1.29, 1.82) is 0 Å². The van der Waals surface area contributed by atoms with Gasteiger partial charge in [-0.05, 0) is 36.4 Å². The summed E-state index contributed by atoms with van der Waals surface area (Å²) < 4.78 is 0. The van der Waals surface area contributed by atoms with Crippen molar-refractivity contribution < 1.29 is 0 Å². The molecule has 0 saturated heterocycles. The first kappa shape index (κ1) is 13.3. The molecule has 4 rings (SSSR count). The maximum atomic E-state index is 5.79. The number of nitrogens with zero attached hydrogens (tertiary/aromatic N) is 3. The maximum Gasteiger partial charge on any atom is 0.147 e. The van der Waals surface area contributed by atoms with Crippen LogP contribution in [0.1, 0.15) is 0 Å². The SMILES string of the molecule is Nc1ccc(-c2ccc3nc(-c4ccncc4)[nH]c3c2)nc1N. The fourth-order valence-electron chi connectivity index (χ4n) is 2.46. The Kier molecular flexibility index (Phi) is 2.94. The lowest BCUT2D eigenvalue weighted by Crippen LogP contribution is -1.98. The van der Waals surface area contributed by atoms with Gasteiger partial charge in [0.1, 0.15) is 11.6 Å². The van der Waals surface area contributed by atoms with E-state index < -0.39 is 0 Å². The van der Waals surface area contributed by atoms with Crippen molar-refractivity contribution in [2.24, 2.45) is 0 Å². The Hall–Kier alpha value is -3.41. The van der Waals surface area contributed by atoms with Gasteiger partial charge in [-0.25, -0.2) is 9.97 Å². The topological polar surface area (TPSA) is 106 Å². The minimum absolute atomic E-state index is 0.338. The van der Waals surface area contributed by atoms with E-state index in [1.807, 2.05) is 36.4 Å². The van der Waals surface area contributed by atoms with Crippen LogP contribution in [0.5, 0.6) is 0 Å². The summed E-state index contributed by atoms with van der Waals surface area (Å²) in [6.07, 6.45) is 3.49. The minimum atomic E-state index is 0.338. The molecule has 0 unspecified atom stereocenters. The summed E-state index contributed by atoms with van der Waals surface area (Å²) in [5.41, 5.74) is 16.5. The average molecular weight is 302 g/mol. The Morgan fingerprint density at radius 1 is 0.826 bits per heavy atom. The highest BCUT2D eigenvalue weighted by atomic mass is 14.9. The van der Waals surface area contributed by atoms with Crippen LogP contribution in [-0.2, 0) is 0 Å². The van der Waals surface area contributed by atoms with Gasteiger partial charge in [-0.1, -0.05) is 6.07 Å². The number of H-pyrrole nitrogens is 1. The highest BCUT2D eigenvalue weighted by molar-refractivity contribution is 5.84. The van der Waals surface area contributed by atoms with Crippen LogP contribution in [0.25, 0.3) is 33.7 Å². The number of aromatic nitrogens is 4. The Bertz CT molecular complexity index is 991. The Morgan fingerprint density at radius 3 is 2.43 bits per heavy atom. The van der Waals surface area contributed by atoms with E-state index in [2.05, 4.69) is 19.9 Å². The molecule has 0 bridgehead atoms. The predicted molar refractivity (Wildman–Crippen MR) is 91.4 cm³/mol. The number of benzene rings is 1. The second kappa shape index (κ2) is 5.10. The summed E-state index contributed by atoms with van der Waals surface area (Å²) >= 11 is 0. The smallest absolute Gasteiger partial charge is 0.147 e. The summed E-state index contributed by atoms with van der Waals surface area (Å²) in [6, 6.07) is 13.4. The molecule has 6 heteroatoms. The molecule has 23 heavy (non-hydrogen) atoms. The van der Waals surface area contributed by atoms with Crippen LogP contribution in [0.3, 0.4) is 0 Å². The number of hydrogen-bond acceptors (Lipinski definition) is 5. The fraction of sp³-hybridized carbons (Fsp3) is 0. The van der Waals surface area contributed by atoms with E-state index in [4.69, 9.17) is 11.5 Å². The van der Waals surface area contributed by atoms with E-state index in [0.717, 1.165) is 33.7 Å². The van der Waals surface area contributed by atoms with Gasteiger partial charge in [0.05, 0.1) is 22.4 Å². The van der Waals surface area contributed by atoms with Crippen LogP contribution in [0.15, 0.2) is 54.9 Å². The third-order valence-electron chi connectivity index (χ3n) is 3.69. The molecule has 112 valence electrons. The molecule has 4 aromatic rings. The van der Waals surface area contributed by atoms with Gasteiger partial charge in [-0.2, -0.15) is 0 Å². The third-order valence-corrected chi connectivity index (χ3v) is 3.69. The van der Waals surface area contributed by atoms with E-state index in [9.17, 15) is 0 Å². The Balaban J connectivity index is 1.80. The molecule has 0 aliphatic rings. The second-order valence-corrected chi connectivity index (χ2v) is 5.22. The van der Waals surface area contributed by atoms with Gasteiger partial charge in [0.15, 0.2) is 0 Å². The van der Waals surface area contributed by atoms with E-state index in [1.54, 1.807) is 18.5 Å². The predicted octanol–water partition coefficient (Wildman–Crippen LogP) is 2.85. The first-order valence-corrected chi connectivity index (χ1v) is 7.13.